The van der Waals surface area contributed by atoms with Gasteiger partial charge in [-0.25, -0.2) is 8.42 Å². The normalized spacial score (nSPS) is 30.2. The minimum absolute atomic E-state index is 0.225. The molecule has 0 aromatic rings. The molecular weight excluding hydrogens is 238 g/mol. The zero-order chi connectivity index (χ0) is 13.1. The third-order valence-electron chi connectivity index (χ3n) is 3.79. The lowest BCUT2D eigenvalue weighted by Gasteiger charge is -2.36. The van der Waals surface area contributed by atoms with Crippen molar-refractivity contribution >= 4 is 16.2 Å². The number of amides is 1. The first-order chi connectivity index (χ1) is 7.88. The molecule has 1 aliphatic rings. The number of sulfone groups is 1. The molecule has 1 saturated carbocycles. The summed E-state index contributed by atoms with van der Waals surface area (Å²) >= 11 is 0. The lowest BCUT2D eigenvalue weighted by molar-refractivity contribution is -0.109. The fourth-order valence-electron chi connectivity index (χ4n) is 2.78. The molecule has 0 radical (unpaired) electrons. The Bertz CT molecular complexity index is 351. The summed E-state index contributed by atoms with van der Waals surface area (Å²) in [7, 11) is -3.21. The summed E-state index contributed by atoms with van der Waals surface area (Å²) in [5, 5.41) is 2.00. The largest absolute Gasteiger partial charge is 0.345 e. The molecule has 0 aliphatic heterocycles. The van der Waals surface area contributed by atoms with Crippen LogP contribution in [0, 0.1) is 17.8 Å². The highest BCUT2D eigenvalue weighted by Crippen LogP contribution is 2.37. The van der Waals surface area contributed by atoms with Crippen LogP contribution in [0.3, 0.4) is 0 Å². The fraction of sp³-hybridized carbons (Fsp3) is 0.917. The van der Waals surface area contributed by atoms with Crippen LogP contribution < -0.4 is 5.32 Å². The van der Waals surface area contributed by atoms with Crippen LogP contribution >= 0.6 is 0 Å². The van der Waals surface area contributed by atoms with Crippen molar-refractivity contribution in [1.29, 1.82) is 0 Å². The minimum Gasteiger partial charge on any atom is -0.345 e. The van der Waals surface area contributed by atoms with Gasteiger partial charge in [-0.1, -0.05) is 27.2 Å². The first-order valence-electron chi connectivity index (χ1n) is 6.27. The highest BCUT2D eigenvalue weighted by atomic mass is 32.2. The average Bonchev–Trinajstić information content (AvgIpc) is 2.26. The number of carbonyl (C=O) groups is 1. The van der Waals surface area contributed by atoms with E-state index in [1.54, 1.807) is 0 Å². The Morgan fingerprint density at radius 2 is 2.00 bits per heavy atom. The second kappa shape index (κ2) is 5.85. The van der Waals surface area contributed by atoms with E-state index in [1.165, 1.54) is 0 Å². The molecule has 17 heavy (non-hydrogen) atoms. The van der Waals surface area contributed by atoms with Gasteiger partial charge >= 0.3 is 0 Å². The van der Waals surface area contributed by atoms with E-state index in [0.717, 1.165) is 19.3 Å². The number of hydrogen-bond acceptors (Lipinski definition) is 3. The van der Waals surface area contributed by atoms with Crippen molar-refractivity contribution in [3.8, 4) is 0 Å². The van der Waals surface area contributed by atoms with Crippen LogP contribution in [0.1, 0.15) is 40.0 Å². The first kappa shape index (κ1) is 14.5. The standard InChI is InChI=1S/C12H23NO3S/c1-9(2)11-5-4-10(3)6-12(11)17(15,16)8-13-7-14/h7,9-12H,4-6,8H2,1-3H3,(H,13,14)/t10-,11+,12+/m1/s1. The maximum absolute atomic E-state index is 12.2. The van der Waals surface area contributed by atoms with Crippen LogP contribution in [-0.4, -0.2) is 26.0 Å². The van der Waals surface area contributed by atoms with Crippen LogP contribution in [-0.2, 0) is 14.6 Å². The minimum atomic E-state index is -3.21. The van der Waals surface area contributed by atoms with E-state index in [-0.39, 0.29) is 17.0 Å². The van der Waals surface area contributed by atoms with Crippen LogP contribution in [0.2, 0.25) is 0 Å². The van der Waals surface area contributed by atoms with Crippen LogP contribution in [0.5, 0.6) is 0 Å². The van der Waals surface area contributed by atoms with Crippen molar-refractivity contribution in [1.82, 2.24) is 5.32 Å². The molecule has 4 nitrogen and oxygen atoms in total. The van der Waals surface area contributed by atoms with Crippen molar-refractivity contribution in [3.05, 3.63) is 0 Å². The summed E-state index contributed by atoms with van der Waals surface area (Å²) in [6.07, 6.45) is 3.26. The van der Waals surface area contributed by atoms with Gasteiger partial charge in [-0.15, -0.1) is 0 Å². The zero-order valence-electron chi connectivity index (χ0n) is 10.8. The van der Waals surface area contributed by atoms with Gasteiger partial charge in [-0.3, -0.25) is 4.79 Å². The molecule has 1 amide bonds. The molecule has 1 aliphatic carbocycles. The predicted molar refractivity (Wildman–Crippen MR) is 68.1 cm³/mol. The van der Waals surface area contributed by atoms with Gasteiger partial charge in [0.15, 0.2) is 9.84 Å². The van der Waals surface area contributed by atoms with E-state index in [1.807, 2.05) is 0 Å². The third-order valence-corrected chi connectivity index (χ3v) is 5.82. The quantitative estimate of drug-likeness (QED) is 0.764. The van der Waals surface area contributed by atoms with Crippen LogP contribution in [0.25, 0.3) is 0 Å². The van der Waals surface area contributed by atoms with Crippen molar-refractivity contribution in [3.63, 3.8) is 0 Å². The molecule has 1 fully saturated rings. The molecular formula is C12H23NO3S. The molecule has 0 heterocycles. The summed E-state index contributed by atoms with van der Waals surface area (Å²) in [6, 6.07) is 0. The first-order valence-corrected chi connectivity index (χ1v) is 7.98. The second-order valence-corrected chi connectivity index (χ2v) is 7.71. The summed E-state index contributed by atoms with van der Waals surface area (Å²) in [6.45, 7) is 6.26. The summed E-state index contributed by atoms with van der Waals surface area (Å²) in [5.41, 5.74) is 0. The number of nitrogens with one attached hydrogen (secondary N) is 1. The molecule has 0 saturated heterocycles. The lowest BCUT2D eigenvalue weighted by atomic mass is 9.77. The van der Waals surface area contributed by atoms with E-state index < -0.39 is 9.84 Å². The van der Waals surface area contributed by atoms with Gasteiger partial charge in [0.1, 0.15) is 5.88 Å². The van der Waals surface area contributed by atoms with E-state index in [4.69, 9.17) is 0 Å². The fourth-order valence-corrected chi connectivity index (χ4v) is 4.90. The van der Waals surface area contributed by atoms with Gasteiger partial charge in [-0.2, -0.15) is 0 Å². The molecule has 5 heteroatoms. The Morgan fingerprint density at radius 1 is 1.35 bits per heavy atom. The van der Waals surface area contributed by atoms with Gasteiger partial charge < -0.3 is 5.32 Å². The van der Waals surface area contributed by atoms with Gasteiger partial charge in [0, 0.05) is 0 Å². The van der Waals surface area contributed by atoms with Gasteiger partial charge in [-0.05, 0) is 30.6 Å². The highest BCUT2D eigenvalue weighted by Gasteiger charge is 2.38. The Balaban J connectivity index is 2.85. The Labute approximate surface area is 104 Å². The maximum atomic E-state index is 12.2. The molecule has 100 valence electrons. The number of rotatable bonds is 5. The SMILES string of the molecule is CC(C)[C@@H]1CC[C@@H](C)C[C@@H]1S(=O)(=O)CNC=O. The summed E-state index contributed by atoms with van der Waals surface area (Å²) in [4.78, 5) is 10.2. The van der Waals surface area contributed by atoms with Gasteiger partial charge in [0.25, 0.3) is 0 Å². The monoisotopic (exact) mass is 261 g/mol. The summed E-state index contributed by atoms with van der Waals surface area (Å²) < 4.78 is 24.4. The van der Waals surface area contributed by atoms with E-state index in [2.05, 4.69) is 26.1 Å². The zero-order valence-corrected chi connectivity index (χ0v) is 11.7. The Hall–Kier alpha value is -0.580. The topological polar surface area (TPSA) is 63.2 Å². The summed E-state index contributed by atoms with van der Waals surface area (Å²) in [5.74, 6) is 0.834. The van der Waals surface area contributed by atoms with Gasteiger partial charge in [0.05, 0.1) is 5.25 Å². The van der Waals surface area contributed by atoms with Crippen molar-refractivity contribution < 1.29 is 13.2 Å². The lowest BCUT2D eigenvalue weighted by Crippen LogP contribution is -2.41. The molecule has 0 unspecified atom stereocenters. The molecule has 1 rings (SSSR count). The highest BCUT2D eigenvalue weighted by molar-refractivity contribution is 7.92. The Morgan fingerprint density at radius 3 is 2.53 bits per heavy atom. The molecule has 1 N–H and O–H groups in total. The molecule has 0 aromatic heterocycles. The van der Waals surface area contributed by atoms with Crippen molar-refractivity contribution in [2.45, 2.75) is 45.3 Å². The average molecular weight is 261 g/mol. The molecule has 0 aromatic carbocycles. The van der Waals surface area contributed by atoms with E-state index >= 15 is 0 Å². The molecule has 3 atom stereocenters. The van der Waals surface area contributed by atoms with Crippen molar-refractivity contribution in [2.75, 3.05) is 5.88 Å². The second-order valence-electron chi connectivity index (χ2n) is 5.49. The van der Waals surface area contributed by atoms with Crippen molar-refractivity contribution in [2.24, 2.45) is 17.8 Å². The maximum Gasteiger partial charge on any atom is 0.207 e. The van der Waals surface area contributed by atoms with Crippen LogP contribution in [0.4, 0.5) is 0 Å². The van der Waals surface area contributed by atoms with E-state index in [0.29, 0.717) is 18.2 Å². The Kier molecular flexibility index (Phi) is 4.98. The number of carbonyl (C=O) groups excluding carboxylic acids is 1. The molecule has 0 bridgehead atoms. The number of hydrogen-bond donors (Lipinski definition) is 1. The van der Waals surface area contributed by atoms with Gasteiger partial charge in [0.2, 0.25) is 6.41 Å². The molecule has 0 spiro atoms. The van der Waals surface area contributed by atoms with E-state index in [9.17, 15) is 13.2 Å². The third kappa shape index (κ3) is 3.69. The predicted octanol–water partition coefficient (Wildman–Crippen LogP) is 1.57. The van der Waals surface area contributed by atoms with Crippen LogP contribution in [0.15, 0.2) is 0 Å². The smallest absolute Gasteiger partial charge is 0.207 e.